The number of aryl methyl sites for hydroxylation is 1. The van der Waals surface area contributed by atoms with Gasteiger partial charge < -0.3 is 10.2 Å². The maximum Gasteiger partial charge on any atom is 0.141 e. The average molecular weight is 218 g/mol. The van der Waals surface area contributed by atoms with Crippen LogP contribution in [0.4, 0.5) is 0 Å². The summed E-state index contributed by atoms with van der Waals surface area (Å²) < 4.78 is 1.65. The minimum Gasteiger partial charge on any atom is -0.506 e. The van der Waals surface area contributed by atoms with Crippen molar-refractivity contribution in [2.75, 3.05) is 0 Å². The number of aliphatic hydroxyl groups is 1. The van der Waals surface area contributed by atoms with Gasteiger partial charge in [0, 0.05) is 11.3 Å². The number of hydrogen-bond donors (Lipinski definition) is 2. The van der Waals surface area contributed by atoms with Crippen molar-refractivity contribution < 1.29 is 10.2 Å². The van der Waals surface area contributed by atoms with E-state index in [0.717, 1.165) is 17.0 Å². The average Bonchev–Trinajstić information content (AvgIpc) is 2.55. The molecule has 0 saturated carbocycles. The lowest BCUT2D eigenvalue weighted by Crippen LogP contribution is -1.99. The number of phenolic OH excluding ortho intramolecular Hbond substituents is 1. The third kappa shape index (κ3) is 1.57. The van der Waals surface area contributed by atoms with Gasteiger partial charge in [0.05, 0.1) is 12.3 Å². The van der Waals surface area contributed by atoms with E-state index in [-0.39, 0.29) is 12.4 Å². The van der Waals surface area contributed by atoms with Crippen molar-refractivity contribution in [3.63, 3.8) is 0 Å². The van der Waals surface area contributed by atoms with Crippen molar-refractivity contribution >= 4 is 0 Å². The summed E-state index contributed by atoms with van der Waals surface area (Å²) in [5.41, 5.74) is 3.07. The topological polar surface area (TPSA) is 58.3 Å². The van der Waals surface area contributed by atoms with Gasteiger partial charge in [-0.1, -0.05) is 12.1 Å². The molecule has 2 rings (SSSR count). The number of phenols is 1. The molecular formula is C12H14N2O2. The van der Waals surface area contributed by atoms with E-state index in [1.807, 2.05) is 19.9 Å². The van der Waals surface area contributed by atoms with Crippen molar-refractivity contribution in [3.05, 3.63) is 41.2 Å². The Bertz CT molecular complexity index is 518. The Morgan fingerprint density at radius 3 is 2.50 bits per heavy atom. The summed E-state index contributed by atoms with van der Waals surface area (Å²) in [6.45, 7) is 3.68. The lowest BCUT2D eigenvalue weighted by Gasteiger charge is -2.06. The molecule has 16 heavy (non-hydrogen) atoms. The van der Waals surface area contributed by atoms with Crippen molar-refractivity contribution in [1.29, 1.82) is 0 Å². The summed E-state index contributed by atoms with van der Waals surface area (Å²) in [6, 6.07) is 7.00. The molecule has 0 spiro atoms. The molecule has 4 nitrogen and oxygen atoms in total. The van der Waals surface area contributed by atoms with E-state index in [2.05, 4.69) is 5.10 Å². The van der Waals surface area contributed by atoms with Gasteiger partial charge in [0.1, 0.15) is 11.4 Å². The van der Waals surface area contributed by atoms with Gasteiger partial charge in [-0.15, -0.1) is 0 Å². The highest BCUT2D eigenvalue weighted by molar-refractivity contribution is 5.47. The molecule has 0 radical (unpaired) electrons. The van der Waals surface area contributed by atoms with E-state index in [4.69, 9.17) is 0 Å². The first kappa shape index (κ1) is 10.7. The van der Waals surface area contributed by atoms with E-state index in [1.54, 1.807) is 22.9 Å². The molecule has 0 aliphatic carbocycles. The summed E-state index contributed by atoms with van der Waals surface area (Å²) in [4.78, 5) is 0. The van der Waals surface area contributed by atoms with Crippen LogP contribution in [0.5, 0.6) is 5.75 Å². The molecule has 0 saturated heterocycles. The Kier molecular flexibility index (Phi) is 2.66. The predicted molar refractivity (Wildman–Crippen MR) is 60.6 cm³/mol. The van der Waals surface area contributed by atoms with Crippen molar-refractivity contribution in [3.8, 4) is 11.4 Å². The lowest BCUT2D eigenvalue weighted by molar-refractivity contribution is 0.280. The van der Waals surface area contributed by atoms with Crippen LogP contribution in [-0.2, 0) is 6.61 Å². The van der Waals surface area contributed by atoms with Gasteiger partial charge in [-0.05, 0) is 26.0 Å². The van der Waals surface area contributed by atoms with Crippen LogP contribution in [0.3, 0.4) is 0 Å². The largest absolute Gasteiger partial charge is 0.506 e. The second kappa shape index (κ2) is 3.98. The molecule has 0 aliphatic heterocycles. The highest BCUT2D eigenvalue weighted by Gasteiger charge is 2.13. The SMILES string of the molecule is Cc1nn(-c2ccccc2O)c(C)c1CO. The number of aromatic nitrogens is 2. The van der Waals surface area contributed by atoms with Crippen LogP contribution in [0.25, 0.3) is 5.69 Å². The number of benzene rings is 1. The van der Waals surface area contributed by atoms with Crippen LogP contribution in [0.15, 0.2) is 24.3 Å². The van der Waals surface area contributed by atoms with E-state index in [0.29, 0.717) is 5.69 Å². The first-order chi connectivity index (χ1) is 7.65. The third-order valence-corrected chi connectivity index (χ3v) is 2.71. The number of rotatable bonds is 2. The fraction of sp³-hybridized carbons (Fsp3) is 0.250. The molecule has 0 amide bonds. The zero-order chi connectivity index (χ0) is 11.7. The molecule has 1 aromatic carbocycles. The molecule has 1 aromatic heterocycles. The van der Waals surface area contributed by atoms with Crippen molar-refractivity contribution in [2.45, 2.75) is 20.5 Å². The van der Waals surface area contributed by atoms with Gasteiger partial charge in [-0.2, -0.15) is 5.10 Å². The first-order valence-electron chi connectivity index (χ1n) is 5.09. The molecule has 1 heterocycles. The summed E-state index contributed by atoms with van der Waals surface area (Å²) in [5, 5.41) is 23.3. The highest BCUT2D eigenvalue weighted by atomic mass is 16.3. The molecule has 84 valence electrons. The van der Waals surface area contributed by atoms with Gasteiger partial charge >= 0.3 is 0 Å². The Hall–Kier alpha value is -1.81. The van der Waals surface area contributed by atoms with Crippen LogP contribution in [-0.4, -0.2) is 20.0 Å². The standard InChI is InChI=1S/C12H14N2O2/c1-8-10(7-15)9(2)14(13-8)11-5-3-4-6-12(11)16/h3-6,15-16H,7H2,1-2H3. The van der Waals surface area contributed by atoms with Gasteiger partial charge in [0.2, 0.25) is 0 Å². The van der Waals surface area contributed by atoms with Crippen LogP contribution in [0.1, 0.15) is 17.0 Å². The third-order valence-electron chi connectivity index (χ3n) is 2.71. The summed E-state index contributed by atoms with van der Waals surface area (Å²) >= 11 is 0. The Morgan fingerprint density at radius 2 is 1.94 bits per heavy atom. The van der Waals surface area contributed by atoms with Crippen molar-refractivity contribution in [2.24, 2.45) is 0 Å². The minimum absolute atomic E-state index is 0.0364. The van der Waals surface area contributed by atoms with Gasteiger partial charge in [0.15, 0.2) is 0 Å². The molecule has 0 unspecified atom stereocenters. The summed E-state index contributed by atoms with van der Waals surface area (Å²) in [5.74, 6) is 0.178. The van der Waals surface area contributed by atoms with Gasteiger partial charge in [-0.25, -0.2) is 4.68 Å². The fourth-order valence-electron chi connectivity index (χ4n) is 1.78. The normalized spacial score (nSPS) is 10.7. The summed E-state index contributed by atoms with van der Waals surface area (Å²) in [6.07, 6.45) is 0. The first-order valence-corrected chi connectivity index (χ1v) is 5.09. The molecule has 0 bridgehead atoms. The molecule has 2 aromatic rings. The highest BCUT2D eigenvalue weighted by Crippen LogP contribution is 2.24. The number of aromatic hydroxyl groups is 1. The maximum atomic E-state index is 9.74. The molecule has 0 atom stereocenters. The number of aliphatic hydroxyl groups excluding tert-OH is 1. The second-order valence-corrected chi connectivity index (χ2v) is 3.71. The van der Waals surface area contributed by atoms with E-state index in [1.165, 1.54) is 0 Å². The number of hydrogen-bond acceptors (Lipinski definition) is 3. The number of para-hydroxylation sites is 2. The zero-order valence-corrected chi connectivity index (χ0v) is 9.31. The Labute approximate surface area is 93.8 Å². The molecule has 0 fully saturated rings. The zero-order valence-electron chi connectivity index (χ0n) is 9.31. The van der Waals surface area contributed by atoms with Gasteiger partial charge in [-0.3, -0.25) is 0 Å². The van der Waals surface area contributed by atoms with Crippen LogP contribution in [0.2, 0.25) is 0 Å². The minimum atomic E-state index is -0.0364. The summed E-state index contributed by atoms with van der Waals surface area (Å²) in [7, 11) is 0. The monoisotopic (exact) mass is 218 g/mol. The fourth-order valence-corrected chi connectivity index (χ4v) is 1.78. The van der Waals surface area contributed by atoms with E-state index >= 15 is 0 Å². The quantitative estimate of drug-likeness (QED) is 0.806. The Morgan fingerprint density at radius 1 is 1.25 bits per heavy atom. The second-order valence-electron chi connectivity index (χ2n) is 3.71. The molecular weight excluding hydrogens is 204 g/mol. The van der Waals surface area contributed by atoms with Gasteiger partial charge in [0.25, 0.3) is 0 Å². The number of nitrogens with zero attached hydrogens (tertiary/aromatic N) is 2. The smallest absolute Gasteiger partial charge is 0.141 e. The van der Waals surface area contributed by atoms with Crippen LogP contribution >= 0.6 is 0 Å². The molecule has 0 aliphatic rings. The molecule has 2 N–H and O–H groups in total. The Balaban J connectivity index is 2.62. The predicted octanol–water partition coefficient (Wildman–Crippen LogP) is 1.69. The van der Waals surface area contributed by atoms with Crippen molar-refractivity contribution in [1.82, 2.24) is 9.78 Å². The maximum absolute atomic E-state index is 9.74. The van der Waals surface area contributed by atoms with Crippen LogP contribution in [0, 0.1) is 13.8 Å². The lowest BCUT2D eigenvalue weighted by atomic mass is 10.2. The van der Waals surface area contributed by atoms with Crippen LogP contribution < -0.4 is 0 Å². The molecule has 4 heteroatoms. The van der Waals surface area contributed by atoms with E-state index < -0.39 is 0 Å². The van der Waals surface area contributed by atoms with E-state index in [9.17, 15) is 10.2 Å².